The summed E-state index contributed by atoms with van der Waals surface area (Å²) < 4.78 is 46.4. The van der Waals surface area contributed by atoms with E-state index < -0.39 is 29.5 Å². The number of methoxy groups -OCH3 is 1. The summed E-state index contributed by atoms with van der Waals surface area (Å²) in [5.74, 6) is -3.63. The summed E-state index contributed by atoms with van der Waals surface area (Å²) >= 11 is 0. The van der Waals surface area contributed by atoms with Crippen LogP contribution in [0.1, 0.15) is 36.0 Å². The maximum Gasteiger partial charge on any atom is 0.307 e. The molecule has 3 aromatic rings. The van der Waals surface area contributed by atoms with E-state index in [1.54, 1.807) is 0 Å². The highest BCUT2D eigenvalue weighted by Crippen LogP contribution is 2.24. The summed E-state index contributed by atoms with van der Waals surface area (Å²) in [5.41, 5.74) is 2.22. The molecule has 1 N–H and O–H groups in total. The predicted octanol–water partition coefficient (Wildman–Crippen LogP) is 5.58. The summed E-state index contributed by atoms with van der Waals surface area (Å²) in [5, 5.41) is 3.49. The minimum absolute atomic E-state index is 0.00104. The third-order valence-electron chi connectivity index (χ3n) is 5.87. The van der Waals surface area contributed by atoms with Crippen LogP contribution in [-0.2, 0) is 22.4 Å². The number of hydrogen-bond acceptors (Lipinski definition) is 3. The molecule has 0 saturated carbocycles. The highest BCUT2D eigenvalue weighted by Gasteiger charge is 2.26. The fourth-order valence-corrected chi connectivity index (χ4v) is 4.00. The van der Waals surface area contributed by atoms with Crippen molar-refractivity contribution >= 4 is 5.97 Å². The number of carbonyl (C=O) groups is 1. The van der Waals surface area contributed by atoms with Gasteiger partial charge in [-0.15, -0.1) is 0 Å². The van der Waals surface area contributed by atoms with Gasteiger partial charge >= 0.3 is 5.97 Å². The van der Waals surface area contributed by atoms with Crippen LogP contribution in [0.25, 0.3) is 0 Å². The van der Waals surface area contributed by atoms with E-state index in [1.165, 1.54) is 7.11 Å². The monoisotopic (exact) mass is 455 g/mol. The van der Waals surface area contributed by atoms with Gasteiger partial charge in [0.2, 0.25) is 0 Å². The SMILES string of the molecule is COC(=O)C[C@@H](Cc1cc(F)c(F)cc1F)NC(Cc1ccccc1)C(C)c1ccccc1. The first-order valence-electron chi connectivity index (χ1n) is 10.9. The van der Waals surface area contributed by atoms with Crippen molar-refractivity contribution < 1.29 is 22.7 Å². The molecule has 0 fully saturated rings. The molecule has 0 aromatic heterocycles. The molecule has 3 rings (SSSR count). The van der Waals surface area contributed by atoms with E-state index in [9.17, 15) is 18.0 Å². The fraction of sp³-hybridized carbons (Fsp3) is 0.296. The van der Waals surface area contributed by atoms with Crippen molar-refractivity contribution in [1.82, 2.24) is 5.32 Å². The second-order valence-electron chi connectivity index (χ2n) is 8.20. The van der Waals surface area contributed by atoms with E-state index in [2.05, 4.69) is 12.2 Å². The number of hydrogen-bond donors (Lipinski definition) is 1. The van der Waals surface area contributed by atoms with E-state index in [4.69, 9.17) is 4.74 Å². The molecule has 0 spiro atoms. The van der Waals surface area contributed by atoms with Crippen LogP contribution >= 0.6 is 0 Å². The van der Waals surface area contributed by atoms with Crippen LogP contribution in [0.2, 0.25) is 0 Å². The smallest absolute Gasteiger partial charge is 0.307 e. The van der Waals surface area contributed by atoms with Crippen LogP contribution in [0.4, 0.5) is 13.2 Å². The van der Waals surface area contributed by atoms with Crippen LogP contribution in [0.15, 0.2) is 72.8 Å². The first kappa shape index (κ1) is 24.5. The molecule has 0 aliphatic rings. The van der Waals surface area contributed by atoms with Crippen LogP contribution in [0.3, 0.4) is 0 Å². The zero-order valence-electron chi connectivity index (χ0n) is 18.7. The van der Waals surface area contributed by atoms with Crippen molar-refractivity contribution in [2.75, 3.05) is 7.11 Å². The van der Waals surface area contributed by atoms with Gasteiger partial charge in [-0.3, -0.25) is 4.79 Å². The number of rotatable bonds is 10. The molecule has 3 aromatic carbocycles. The van der Waals surface area contributed by atoms with Gasteiger partial charge in [-0.1, -0.05) is 67.6 Å². The van der Waals surface area contributed by atoms with Gasteiger partial charge in [0.25, 0.3) is 0 Å². The summed E-state index contributed by atoms with van der Waals surface area (Å²) in [7, 11) is 1.28. The van der Waals surface area contributed by atoms with Crippen molar-refractivity contribution in [3.63, 3.8) is 0 Å². The van der Waals surface area contributed by atoms with Gasteiger partial charge in [-0.05, 0) is 41.5 Å². The molecule has 0 heterocycles. The zero-order chi connectivity index (χ0) is 23.8. The third kappa shape index (κ3) is 6.93. The van der Waals surface area contributed by atoms with Gasteiger partial charge in [-0.2, -0.15) is 0 Å². The lowest BCUT2D eigenvalue weighted by Crippen LogP contribution is -2.45. The number of ether oxygens (including phenoxy) is 1. The number of nitrogens with one attached hydrogen (secondary N) is 1. The Morgan fingerprint density at radius 1 is 0.879 bits per heavy atom. The minimum Gasteiger partial charge on any atom is -0.469 e. The Morgan fingerprint density at radius 2 is 1.48 bits per heavy atom. The van der Waals surface area contributed by atoms with Gasteiger partial charge in [0.15, 0.2) is 11.6 Å². The molecular formula is C27H28F3NO2. The lowest BCUT2D eigenvalue weighted by Gasteiger charge is -2.30. The summed E-state index contributed by atoms with van der Waals surface area (Å²) in [6, 6.07) is 20.6. The van der Waals surface area contributed by atoms with E-state index >= 15 is 0 Å². The Balaban J connectivity index is 1.90. The quantitative estimate of drug-likeness (QED) is 0.320. The summed E-state index contributed by atoms with van der Waals surface area (Å²) in [6.45, 7) is 2.09. The van der Waals surface area contributed by atoms with Crippen molar-refractivity contribution in [1.29, 1.82) is 0 Å². The van der Waals surface area contributed by atoms with Crippen molar-refractivity contribution in [2.45, 2.75) is 44.2 Å². The van der Waals surface area contributed by atoms with Crippen molar-refractivity contribution in [3.8, 4) is 0 Å². The predicted molar refractivity (Wildman–Crippen MR) is 122 cm³/mol. The molecule has 174 valence electrons. The largest absolute Gasteiger partial charge is 0.469 e. The normalized spacial score (nSPS) is 13.8. The Labute approximate surface area is 192 Å². The Morgan fingerprint density at radius 3 is 2.12 bits per heavy atom. The minimum atomic E-state index is -1.24. The first-order chi connectivity index (χ1) is 15.9. The molecule has 0 bridgehead atoms. The lowest BCUT2D eigenvalue weighted by molar-refractivity contribution is -0.141. The molecule has 33 heavy (non-hydrogen) atoms. The average molecular weight is 456 g/mol. The summed E-state index contributed by atoms with van der Waals surface area (Å²) in [4.78, 5) is 12.1. The molecule has 0 saturated heterocycles. The van der Waals surface area contributed by atoms with E-state index in [0.29, 0.717) is 12.5 Å². The summed E-state index contributed by atoms with van der Waals surface area (Å²) in [6.07, 6.45) is 0.626. The molecular weight excluding hydrogens is 427 g/mol. The Hall–Kier alpha value is -3.12. The Bertz CT molecular complexity index is 1040. The highest BCUT2D eigenvalue weighted by atomic mass is 19.2. The fourth-order valence-electron chi connectivity index (χ4n) is 4.00. The van der Waals surface area contributed by atoms with Crippen LogP contribution in [0, 0.1) is 17.5 Å². The van der Waals surface area contributed by atoms with E-state index in [0.717, 1.165) is 17.2 Å². The van der Waals surface area contributed by atoms with Gasteiger partial charge in [0.05, 0.1) is 13.5 Å². The second kappa shape index (κ2) is 11.7. The Kier molecular flexibility index (Phi) is 8.66. The topological polar surface area (TPSA) is 38.3 Å². The molecule has 0 radical (unpaired) electrons. The van der Waals surface area contributed by atoms with E-state index in [-0.39, 0.29) is 30.4 Å². The standard InChI is InChI=1S/C27H28F3NO2/c1-18(20-11-7-4-8-12-20)26(13-19-9-5-3-6-10-19)31-22(16-27(32)33-2)14-21-15-24(29)25(30)17-23(21)28/h3-12,15,17-18,22,26,31H,13-14,16H2,1-2H3/t18?,22-,26?/m1/s1. The highest BCUT2D eigenvalue weighted by molar-refractivity contribution is 5.70. The van der Waals surface area contributed by atoms with Crippen molar-refractivity contribution in [3.05, 3.63) is 107 Å². The van der Waals surface area contributed by atoms with Gasteiger partial charge in [0, 0.05) is 18.2 Å². The van der Waals surface area contributed by atoms with Crippen LogP contribution in [0.5, 0.6) is 0 Å². The van der Waals surface area contributed by atoms with Gasteiger partial charge in [0.1, 0.15) is 5.82 Å². The molecule has 0 aliphatic carbocycles. The molecule has 3 atom stereocenters. The molecule has 3 nitrogen and oxygen atoms in total. The lowest BCUT2D eigenvalue weighted by atomic mass is 9.87. The maximum absolute atomic E-state index is 14.4. The molecule has 0 amide bonds. The zero-order valence-corrected chi connectivity index (χ0v) is 18.7. The molecule has 2 unspecified atom stereocenters. The van der Waals surface area contributed by atoms with Crippen LogP contribution in [-0.4, -0.2) is 25.2 Å². The number of esters is 1. The van der Waals surface area contributed by atoms with Gasteiger partial charge < -0.3 is 10.1 Å². The van der Waals surface area contributed by atoms with Gasteiger partial charge in [-0.25, -0.2) is 13.2 Å². The third-order valence-corrected chi connectivity index (χ3v) is 5.87. The van der Waals surface area contributed by atoms with Crippen molar-refractivity contribution in [2.24, 2.45) is 0 Å². The first-order valence-corrected chi connectivity index (χ1v) is 10.9. The maximum atomic E-state index is 14.4. The number of carbonyl (C=O) groups excluding carboxylic acids is 1. The van der Waals surface area contributed by atoms with Crippen LogP contribution < -0.4 is 5.32 Å². The van der Waals surface area contributed by atoms with E-state index in [1.807, 2.05) is 60.7 Å². The average Bonchev–Trinajstić information content (AvgIpc) is 2.82. The number of benzene rings is 3. The molecule has 0 aliphatic heterocycles. The number of halogens is 3. The molecule has 6 heteroatoms. The second-order valence-corrected chi connectivity index (χ2v) is 8.20.